The third kappa shape index (κ3) is 2.10. The van der Waals surface area contributed by atoms with Crippen LogP contribution in [0.25, 0.3) is 21.9 Å². The minimum Gasteiger partial charge on any atom is -0.356 e. The maximum absolute atomic E-state index is 3.50. The molecule has 0 spiro atoms. The van der Waals surface area contributed by atoms with Crippen LogP contribution in [0.1, 0.15) is 11.1 Å². The molecule has 0 aliphatic heterocycles. The lowest BCUT2D eigenvalue weighted by Crippen LogP contribution is -2.02. The fourth-order valence-electron chi connectivity index (χ4n) is 3.76. The fraction of sp³-hybridized carbons (Fsp3) is 0.0435. The van der Waals surface area contributed by atoms with Crippen molar-refractivity contribution >= 4 is 22.1 Å². The second-order valence-corrected chi connectivity index (χ2v) is 6.36. The lowest BCUT2D eigenvalue weighted by Gasteiger charge is -2.21. The van der Waals surface area contributed by atoms with E-state index in [1.54, 1.807) is 0 Å². The standard InChI is InChI=1S/C23H17N/c1-2-9-19(10-3-1)24-20-12-13-21-18(15-20)14-17-8-4-6-16-7-5-11-22(21)23(16)17/h1-13,15,24H,14H2. The summed E-state index contributed by atoms with van der Waals surface area (Å²) in [6.45, 7) is 0. The molecule has 1 aliphatic rings. The summed E-state index contributed by atoms with van der Waals surface area (Å²) in [6, 6.07) is 30.3. The molecule has 1 heteroatoms. The van der Waals surface area contributed by atoms with E-state index in [2.05, 4.69) is 84.2 Å². The number of nitrogens with one attached hydrogen (secondary N) is 1. The van der Waals surface area contributed by atoms with Crippen molar-refractivity contribution in [3.05, 3.63) is 96.1 Å². The topological polar surface area (TPSA) is 12.0 Å². The first-order valence-electron chi connectivity index (χ1n) is 8.34. The van der Waals surface area contributed by atoms with Crippen LogP contribution in [-0.4, -0.2) is 0 Å². The summed E-state index contributed by atoms with van der Waals surface area (Å²) < 4.78 is 0. The van der Waals surface area contributed by atoms with Crippen molar-refractivity contribution in [2.75, 3.05) is 5.32 Å². The van der Waals surface area contributed by atoms with Crippen molar-refractivity contribution in [3.8, 4) is 11.1 Å². The summed E-state index contributed by atoms with van der Waals surface area (Å²) in [4.78, 5) is 0. The SMILES string of the molecule is c1ccc(Nc2ccc3c(c2)Cc2cccc4cccc-3c24)cc1. The van der Waals surface area contributed by atoms with Crippen molar-refractivity contribution in [3.63, 3.8) is 0 Å². The van der Waals surface area contributed by atoms with Crippen LogP contribution in [0.15, 0.2) is 84.9 Å². The Labute approximate surface area is 141 Å². The van der Waals surface area contributed by atoms with E-state index in [0.29, 0.717) is 0 Å². The molecular weight excluding hydrogens is 290 g/mol. The Bertz CT molecular complexity index is 1040. The fourth-order valence-corrected chi connectivity index (χ4v) is 3.76. The van der Waals surface area contributed by atoms with Gasteiger partial charge in [-0.15, -0.1) is 0 Å². The number of fused-ring (bicyclic) bond motifs is 2. The third-order valence-electron chi connectivity index (χ3n) is 4.83. The number of hydrogen-bond donors (Lipinski definition) is 1. The van der Waals surface area contributed by atoms with Crippen LogP contribution in [0.5, 0.6) is 0 Å². The zero-order valence-electron chi connectivity index (χ0n) is 13.3. The van der Waals surface area contributed by atoms with Crippen molar-refractivity contribution in [1.82, 2.24) is 0 Å². The molecule has 0 atom stereocenters. The summed E-state index contributed by atoms with van der Waals surface area (Å²) in [5.74, 6) is 0. The van der Waals surface area contributed by atoms with Crippen LogP contribution < -0.4 is 5.32 Å². The molecule has 1 nitrogen and oxygen atoms in total. The van der Waals surface area contributed by atoms with Crippen LogP contribution in [0.4, 0.5) is 11.4 Å². The second kappa shape index (κ2) is 5.24. The molecule has 4 aromatic rings. The molecule has 4 aromatic carbocycles. The largest absolute Gasteiger partial charge is 0.356 e. The molecule has 5 rings (SSSR count). The van der Waals surface area contributed by atoms with Crippen LogP contribution in [-0.2, 0) is 6.42 Å². The summed E-state index contributed by atoms with van der Waals surface area (Å²) >= 11 is 0. The van der Waals surface area contributed by atoms with Gasteiger partial charge in [0.15, 0.2) is 0 Å². The zero-order chi connectivity index (χ0) is 15.9. The van der Waals surface area contributed by atoms with Gasteiger partial charge in [0.2, 0.25) is 0 Å². The molecule has 0 saturated heterocycles. The van der Waals surface area contributed by atoms with Crippen molar-refractivity contribution < 1.29 is 0 Å². The van der Waals surface area contributed by atoms with E-state index < -0.39 is 0 Å². The number of benzene rings is 4. The van der Waals surface area contributed by atoms with Gasteiger partial charge in [-0.25, -0.2) is 0 Å². The molecule has 0 heterocycles. The van der Waals surface area contributed by atoms with Gasteiger partial charge < -0.3 is 5.32 Å². The molecule has 24 heavy (non-hydrogen) atoms. The zero-order valence-corrected chi connectivity index (χ0v) is 13.3. The average Bonchev–Trinajstić information content (AvgIpc) is 2.63. The normalized spacial score (nSPS) is 12.0. The number of rotatable bonds is 2. The Hall–Kier alpha value is -3.06. The predicted octanol–water partition coefficient (Wildman–Crippen LogP) is 6.15. The van der Waals surface area contributed by atoms with Gasteiger partial charge in [-0.3, -0.25) is 0 Å². The Morgan fingerprint density at radius 2 is 1.42 bits per heavy atom. The lowest BCUT2D eigenvalue weighted by atomic mass is 9.83. The molecule has 0 unspecified atom stereocenters. The molecule has 1 N–H and O–H groups in total. The van der Waals surface area contributed by atoms with Gasteiger partial charge in [0.05, 0.1) is 0 Å². The molecule has 0 radical (unpaired) electrons. The van der Waals surface area contributed by atoms with E-state index in [1.165, 1.54) is 33.0 Å². The predicted molar refractivity (Wildman–Crippen MR) is 102 cm³/mol. The maximum Gasteiger partial charge on any atom is 0.0387 e. The molecule has 0 fully saturated rings. The van der Waals surface area contributed by atoms with E-state index >= 15 is 0 Å². The van der Waals surface area contributed by atoms with Crippen molar-refractivity contribution in [2.45, 2.75) is 6.42 Å². The highest BCUT2D eigenvalue weighted by Crippen LogP contribution is 2.40. The monoisotopic (exact) mass is 307 g/mol. The summed E-state index contributed by atoms with van der Waals surface area (Å²) in [6.07, 6.45) is 0.994. The van der Waals surface area contributed by atoms with Crippen LogP contribution in [0, 0.1) is 0 Å². The second-order valence-electron chi connectivity index (χ2n) is 6.36. The van der Waals surface area contributed by atoms with Gasteiger partial charge in [0.1, 0.15) is 0 Å². The van der Waals surface area contributed by atoms with Gasteiger partial charge in [0, 0.05) is 11.4 Å². The minimum atomic E-state index is 0.994. The van der Waals surface area contributed by atoms with E-state index in [1.807, 2.05) is 6.07 Å². The highest BCUT2D eigenvalue weighted by molar-refractivity contribution is 6.02. The Kier molecular flexibility index (Phi) is 2.92. The summed E-state index contributed by atoms with van der Waals surface area (Å²) in [7, 11) is 0. The van der Waals surface area contributed by atoms with Gasteiger partial charge in [-0.05, 0) is 63.7 Å². The summed E-state index contributed by atoms with van der Waals surface area (Å²) in [5, 5.41) is 6.25. The molecule has 0 aromatic heterocycles. The van der Waals surface area contributed by atoms with Gasteiger partial charge in [0.25, 0.3) is 0 Å². The number of para-hydroxylation sites is 1. The van der Waals surface area contributed by atoms with Crippen LogP contribution >= 0.6 is 0 Å². The maximum atomic E-state index is 3.50. The Morgan fingerprint density at radius 3 is 2.29 bits per heavy atom. The first kappa shape index (κ1) is 13.4. The molecule has 0 saturated carbocycles. The highest BCUT2D eigenvalue weighted by atomic mass is 14.9. The molecule has 0 bridgehead atoms. The number of anilines is 2. The Morgan fingerprint density at radius 1 is 0.583 bits per heavy atom. The van der Waals surface area contributed by atoms with E-state index in [-0.39, 0.29) is 0 Å². The quantitative estimate of drug-likeness (QED) is 0.412. The van der Waals surface area contributed by atoms with Crippen molar-refractivity contribution in [1.29, 1.82) is 0 Å². The molecule has 114 valence electrons. The minimum absolute atomic E-state index is 0.994. The van der Waals surface area contributed by atoms with E-state index in [9.17, 15) is 0 Å². The highest BCUT2D eigenvalue weighted by Gasteiger charge is 2.18. The first-order chi connectivity index (χ1) is 11.9. The van der Waals surface area contributed by atoms with Crippen LogP contribution in [0.2, 0.25) is 0 Å². The summed E-state index contributed by atoms with van der Waals surface area (Å²) in [5.41, 5.74) is 7.80. The Balaban J connectivity index is 1.63. The van der Waals surface area contributed by atoms with Gasteiger partial charge in [-0.1, -0.05) is 60.7 Å². The molecular formula is C23H17N. The van der Waals surface area contributed by atoms with Gasteiger partial charge >= 0.3 is 0 Å². The third-order valence-corrected chi connectivity index (χ3v) is 4.83. The van der Waals surface area contributed by atoms with Gasteiger partial charge in [-0.2, -0.15) is 0 Å². The average molecular weight is 307 g/mol. The molecule has 1 aliphatic carbocycles. The smallest absolute Gasteiger partial charge is 0.0387 e. The van der Waals surface area contributed by atoms with E-state index in [0.717, 1.165) is 17.8 Å². The van der Waals surface area contributed by atoms with Crippen molar-refractivity contribution in [2.24, 2.45) is 0 Å². The molecule has 0 amide bonds. The number of hydrogen-bond acceptors (Lipinski definition) is 1. The van der Waals surface area contributed by atoms with E-state index in [4.69, 9.17) is 0 Å². The lowest BCUT2D eigenvalue weighted by molar-refractivity contribution is 1.20. The van der Waals surface area contributed by atoms with Crippen LogP contribution in [0.3, 0.4) is 0 Å². The first-order valence-corrected chi connectivity index (χ1v) is 8.34.